The molecule has 1 aliphatic rings. The molecule has 5 nitrogen and oxygen atoms in total. The van der Waals surface area contributed by atoms with E-state index in [2.05, 4.69) is 13.8 Å². The molecule has 1 aromatic carbocycles. The highest BCUT2D eigenvalue weighted by Gasteiger charge is 2.33. The van der Waals surface area contributed by atoms with Gasteiger partial charge in [0.15, 0.2) is 0 Å². The fraction of sp³-hybridized carbons (Fsp3) is 0.500. The third kappa shape index (κ3) is 6.06. The minimum absolute atomic E-state index is 0.00482. The predicted molar refractivity (Wildman–Crippen MR) is 121 cm³/mol. The first kappa shape index (κ1) is 23.3. The smallest absolute Gasteiger partial charge is 0.242 e. The van der Waals surface area contributed by atoms with E-state index in [4.69, 9.17) is 4.74 Å². The summed E-state index contributed by atoms with van der Waals surface area (Å²) in [6.07, 6.45) is 2.04. The molecule has 0 N–H and O–H groups in total. The Morgan fingerprint density at radius 2 is 2.13 bits per heavy atom. The van der Waals surface area contributed by atoms with Gasteiger partial charge in [-0.25, -0.2) is 4.39 Å². The summed E-state index contributed by atoms with van der Waals surface area (Å²) in [4.78, 5) is 30.5. The maximum atomic E-state index is 13.5. The topological polar surface area (TPSA) is 49.9 Å². The molecule has 1 aromatic heterocycles. The Morgan fingerprint density at radius 3 is 2.84 bits per heavy atom. The number of nitrogens with zero attached hydrogens (tertiary/aromatic N) is 2. The number of benzene rings is 1. The van der Waals surface area contributed by atoms with Gasteiger partial charge in [0.2, 0.25) is 11.8 Å². The third-order valence-corrected chi connectivity index (χ3v) is 6.57. The molecule has 2 amide bonds. The summed E-state index contributed by atoms with van der Waals surface area (Å²) >= 11 is 1.68. The highest BCUT2D eigenvalue weighted by Crippen LogP contribution is 2.34. The van der Waals surface area contributed by atoms with Crippen molar-refractivity contribution in [2.45, 2.75) is 46.1 Å². The van der Waals surface area contributed by atoms with Gasteiger partial charge in [-0.05, 0) is 47.9 Å². The fourth-order valence-corrected chi connectivity index (χ4v) is 4.72. The second-order valence-electron chi connectivity index (χ2n) is 8.27. The first-order valence-corrected chi connectivity index (χ1v) is 11.8. The average molecular weight is 447 g/mol. The number of thiophene rings is 1. The van der Waals surface area contributed by atoms with Crippen molar-refractivity contribution >= 4 is 23.2 Å². The van der Waals surface area contributed by atoms with Crippen LogP contribution in [0.15, 0.2) is 35.7 Å². The van der Waals surface area contributed by atoms with Crippen LogP contribution in [0.25, 0.3) is 0 Å². The molecule has 3 rings (SSSR count). The molecule has 0 radical (unpaired) electrons. The van der Waals surface area contributed by atoms with E-state index in [1.165, 1.54) is 17.0 Å². The van der Waals surface area contributed by atoms with E-state index in [0.29, 0.717) is 31.2 Å². The largest absolute Gasteiger partial charge is 0.491 e. The summed E-state index contributed by atoms with van der Waals surface area (Å²) in [6.45, 7) is 7.53. The van der Waals surface area contributed by atoms with Crippen LogP contribution in [0.5, 0.6) is 5.75 Å². The van der Waals surface area contributed by atoms with Crippen LogP contribution in [0.2, 0.25) is 0 Å². The minimum Gasteiger partial charge on any atom is -0.491 e. The Morgan fingerprint density at radius 1 is 1.32 bits per heavy atom. The Labute approximate surface area is 187 Å². The van der Waals surface area contributed by atoms with E-state index in [-0.39, 0.29) is 36.8 Å². The van der Waals surface area contributed by atoms with E-state index in [0.717, 1.165) is 18.4 Å². The molecule has 0 unspecified atom stereocenters. The summed E-state index contributed by atoms with van der Waals surface area (Å²) < 4.78 is 19.4. The highest BCUT2D eigenvalue weighted by atomic mass is 32.1. The zero-order valence-electron chi connectivity index (χ0n) is 18.5. The van der Waals surface area contributed by atoms with Crippen LogP contribution in [0, 0.1) is 11.7 Å². The van der Waals surface area contributed by atoms with Gasteiger partial charge in [0.1, 0.15) is 18.2 Å². The van der Waals surface area contributed by atoms with Crippen LogP contribution in [-0.4, -0.2) is 47.9 Å². The molecule has 0 aliphatic carbocycles. The number of ether oxygens (including phenoxy) is 1. The van der Waals surface area contributed by atoms with Gasteiger partial charge >= 0.3 is 0 Å². The van der Waals surface area contributed by atoms with Gasteiger partial charge in [-0.2, -0.15) is 0 Å². The van der Waals surface area contributed by atoms with Crippen molar-refractivity contribution in [1.82, 2.24) is 9.80 Å². The van der Waals surface area contributed by atoms with E-state index < -0.39 is 0 Å². The van der Waals surface area contributed by atoms with Crippen molar-refractivity contribution < 1.29 is 18.7 Å². The van der Waals surface area contributed by atoms with Crippen molar-refractivity contribution in [3.05, 3.63) is 52.0 Å². The number of fused-ring (bicyclic) bond motifs is 1. The molecular formula is C24H31FN2O3S. The summed E-state index contributed by atoms with van der Waals surface area (Å²) in [7, 11) is 0. The van der Waals surface area contributed by atoms with Crippen LogP contribution < -0.4 is 4.74 Å². The van der Waals surface area contributed by atoms with Gasteiger partial charge < -0.3 is 14.5 Å². The summed E-state index contributed by atoms with van der Waals surface area (Å²) in [5, 5.41) is 2.03. The fourth-order valence-electron chi connectivity index (χ4n) is 3.79. The predicted octanol–water partition coefficient (Wildman–Crippen LogP) is 4.68. The second kappa shape index (κ2) is 10.8. The number of rotatable bonds is 9. The quantitative estimate of drug-likeness (QED) is 0.562. The van der Waals surface area contributed by atoms with Crippen LogP contribution in [0.1, 0.15) is 50.1 Å². The Kier molecular flexibility index (Phi) is 8.07. The van der Waals surface area contributed by atoms with Crippen molar-refractivity contribution in [2.75, 3.05) is 26.2 Å². The van der Waals surface area contributed by atoms with E-state index in [9.17, 15) is 14.0 Å². The molecule has 0 fully saturated rings. The average Bonchev–Trinajstić information content (AvgIpc) is 3.23. The maximum Gasteiger partial charge on any atom is 0.242 e. The number of carbonyl (C=O) groups excluding carboxylic acids is 2. The monoisotopic (exact) mass is 446 g/mol. The lowest BCUT2D eigenvalue weighted by Gasteiger charge is -2.37. The number of amides is 2. The van der Waals surface area contributed by atoms with Crippen LogP contribution in [-0.2, 0) is 16.0 Å². The zero-order valence-corrected chi connectivity index (χ0v) is 19.3. The van der Waals surface area contributed by atoms with Crippen LogP contribution in [0.3, 0.4) is 0 Å². The van der Waals surface area contributed by atoms with E-state index >= 15 is 0 Å². The van der Waals surface area contributed by atoms with Crippen molar-refractivity contribution in [3.8, 4) is 5.75 Å². The molecule has 168 valence electrons. The Bertz CT molecular complexity index is 898. The molecule has 7 heteroatoms. The van der Waals surface area contributed by atoms with Gasteiger partial charge in [-0.3, -0.25) is 9.59 Å². The lowest BCUT2D eigenvalue weighted by atomic mass is 10.0. The SMILES string of the molecule is CCC(=O)N(CCC(C)C)CC(=O)N1CCc2sccc2[C@H]1COc1cccc(F)c1. The van der Waals surface area contributed by atoms with E-state index in [1.807, 2.05) is 23.3 Å². The third-order valence-electron chi connectivity index (χ3n) is 5.58. The number of hydrogen-bond acceptors (Lipinski definition) is 4. The van der Waals surface area contributed by atoms with Crippen LogP contribution >= 0.6 is 11.3 Å². The van der Waals surface area contributed by atoms with Gasteiger partial charge in [0.05, 0.1) is 12.6 Å². The van der Waals surface area contributed by atoms with Gasteiger partial charge in [-0.15, -0.1) is 11.3 Å². The lowest BCUT2D eigenvalue weighted by Crippen LogP contribution is -2.48. The number of hydrogen-bond donors (Lipinski definition) is 0. The molecule has 2 heterocycles. The Balaban J connectivity index is 1.75. The normalized spacial score (nSPS) is 15.6. The second-order valence-corrected chi connectivity index (χ2v) is 9.27. The molecule has 2 aromatic rings. The van der Waals surface area contributed by atoms with Gasteiger partial charge in [0.25, 0.3) is 0 Å². The summed E-state index contributed by atoms with van der Waals surface area (Å²) in [5.74, 6) is 0.460. The molecule has 1 aliphatic heterocycles. The molecule has 31 heavy (non-hydrogen) atoms. The van der Waals surface area contributed by atoms with Crippen molar-refractivity contribution in [2.24, 2.45) is 5.92 Å². The zero-order chi connectivity index (χ0) is 22.4. The first-order valence-electron chi connectivity index (χ1n) is 10.9. The molecule has 1 atom stereocenters. The standard InChI is InChI=1S/C24H31FN2O3S/c1-4-23(28)26(11-8-17(2)3)15-24(29)27-12-9-22-20(10-13-31-22)21(27)16-30-19-7-5-6-18(25)14-19/h5-7,10,13-14,17,21H,4,8-9,11-12,15-16H2,1-3H3/t21-/m1/s1. The first-order chi connectivity index (χ1) is 14.9. The Hall–Kier alpha value is -2.41. The molecule has 0 spiro atoms. The van der Waals surface area contributed by atoms with Gasteiger partial charge in [0, 0.05) is 30.5 Å². The van der Waals surface area contributed by atoms with Gasteiger partial charge in [-0.1, -0.05) is 26.8 Å². The molecule has 0 saturated heterocycles. The minimum atomic E-state index is -0.357. The van der Waals surface area contributed by atoms with E-state index in [1.54, 1.807) is 28.4 Å². The van der Waals surface area contributed by atoms with Crippen molar-refractivity contribution in [1.29, 1.82) is 0 Å². The van der Waals surface area contributed by atoms with Crippen LogP contribution in [0.4, 0.5) is 4.39 Å². The number of carbonyl (C=O) groups is 2. The number of halogens is 1. The maximum absolute atomic E-state index is 13.5. The highest BCUT2D eigenvalue weighted by molar-refractivity contribution is 7.10. The summed E-state index contributed by atoms with van der Waals surface area (Å²) in [5.41, 5.74) is 1.08. The molecular weight excluding hydrogens is 415 g/mol. The van der Waals surface area contributed by atoms with Crippen molar-refractivity contribution in [3.63, 3.8) is 0 Å². The summed E-state index contributed by atoms with van der Waals surface area (Å²) in [6, 6.07) is 7.81. The molecule has 0 bridgehead atoms. The molecule has 0 saturated carbocycles. The lowest BCUT2D eigenvalue weighted by molar-refractivity contribution is -0.142.